The third kappa shape index (κ3) is 3.79. The van der Waals surface area contributed by atoms with Crippen LogP contribution < -0.4 is 10.6 Å². The summed E-state index contributed by atoms with van der Waals surface area (Å²) >= 11 is 2.02. The lowest BCUT2D eigenvalue weighted by atomic mass is 10.1. The molecule has 0 radical (unpaired) electrons. The highest BCUT2D eigenvalue weighted by Gasteiger charge is 2.27. The second kappa shape index (κ2) is 7.36. The molecule has 1 aromatic carbocycles. The molecule has 1 aliphatic rings. The standard InChI is InChI=1S/C17H24N6S/c1-12(15-19-16(18)21-17(20-15)22(2)3)23-9-10-24-14(11-23)13-7-5-4-6-8-13/h4-8,12,14H,9-11H2,1-3H3,(H2,18,19,20,21)/t12-,14+/m1/s1. The molecule has 0 aliphatic carbocycles. The van der Waals surface area contributed by atoms with Crippen LogP contribution >= 0.6 is 11.8 Å². The minimum Gasteiger partial charge on any atom is -0.368 e. The summed E-state index contributed by atoms with van der Waals surface area (Å²) in [4.78, 5) is 17.4. The van der Waals surface area contributed by atoms with Gasteiger partial charge in [0, 0.05) is 38.2 Å². The maximum Gasteiger partial charge on any atom is 0.229 e. The zero-order valence-corrected chi connectivity index (χ0v) is 15.2. The van der Waals surface area contributed by atoms with Crippen LogP contribution in [0.1, 0.15) is 29.6 Å². The Balaban J connectivity index is 1.78. The number of hydrogen-bond acceptors (Lipinski definition) is 7. The zero-order chi connectivity index (χ0) is 17.1. The van der Waals surface area contributed by atoms with E-state index in [-0.39, 0.29) is 12.0 Å². The lowest BCUT2D eigenvalue weighted by Gasteiger charge is -2.36. The molecular weight excluding hydrogens is 320 g/mol. The van der Waals surface area contributed by atoms with Gasteiger partial charge in [-0.3, -0.25) is 4.90 Å². The number of anilines is 2. The summed E-state index contributed by atoms with van der Waals surface area (Å²) < 4.78 is 0. The highest BCUT2D eigenvalue weighted by atomic mass is 32.2. The van der Waals surface area contributed by atoms with Gasteiger partial charge in [0.2, 0.25) is 11.9 Å². The van der Waals surface area contributed by atoms with E-state index >= 15 is 0 Å². The summed E-state index contributed by atoms with van der Waals surface area (Å²) in [6.45, 7) is 4.16. The molecule has 2 heterocycles. The van der Waals surface area contributed by atoms with Crippen molar-refractivity contribution in [3.8, 4) is 0 Å². The van der Waals surface area contributed by atoms with E-state index in [1.807, 2.05) is 30.8 Å². The second-order valence-electron chi connectivity index (χ2n) is 6.19. The van der Waals surface area contributed by atoms with Crippen LogP contribution in [0.2, 0.25) is 0 Å². The summed E-state index contributed by atoms with van der Waals surface area (Å²) in [5.74, 6) is 2.73. The SMILES string of the molecule is C[C@H](c1nc(N)nc(N(C)C)n1)N1CCS[C@H](c2ccccc2)C1. The molecule has 2 atom stereocenters. The Labute approximate surface area is 147 Å². The van der Waals surface area contributed by atoms with Crippen LogP contribution in [0.25, 0.3) is 0 Å². The van der Waals surface area contributed by atoms with Gasteiger partial charge in [-0.25, -0.2) is 0 Å². The first kappa shape index (κ1) is 17.0. The Morgan fingerprint density at radius 2 is 1.96 bits per heavy atom. The Hall–Kier alpha value is -1.86. The van der Waals surface area contributed by atoms with Crippen molar-refractivity contribution in [2.24, 2.45) is 0 Å². The summed E-state index contributed by atoms with van der Waals surface area (Å²) in [7, 11) is 3.82. The fraction of sp³-hybridized carbons (Fsp3) is 0.471. The molecule has 0 saturated carbocycles. The van der Waals surface area contributed by atoms with Crippen LogP contribution in [0.4, 0.5) is 11.9 Å². The van der Waals surface area contributed by atoms with E-state index in [0.717, 1.165) is 24.7 Å². The minimum atomic E-state index is 0.112. The van der Waals surface area contributed by atoms with Crippen LogP contribution in [-0.4, -0.2) is 52.8 Å². The predicted molar refractivity (Wildman–Crippen MR) is 100 cm³/mol. The quantitative estimate of drug-likeness (QED) is 0.913. The average Bonchev–Trinajstić information content (AvgIpc) is 2.61. The van der Waals surface area contributed by atoms with Crippen molar-refractivity contribution in [2.75, 3.05) is 43.6 Å². The van der Waals surface area contributed by atoms with E-state index in [0.29, 0.717) is 11.2 Å². The summed E-state index contributed by atoms with van der Waals surface area (Å²) in [6.07, 6.45) is 0. The van der Waals surface area contributed by atoms with Crippen molar-refractivity contribution in [2.45, 2.75) is 18.2 Å². The first-order valence-electron chi connectivity index (χ1n) is 8.14. The van der Waals surface area contributed by atoms with Gasteiger partial charge in [0.15, 0.2) is 5.82 Å². The van der Waals surface area contributed by atoms with Crippen LogP contribution in [0.3, 0.4) is 0 Å². The van der Waals surface area contributed by atoms with E-state index in [4.69, 9.17) is 5.73 Å². The number of benzene rings is 1. The molecule has 1 saturated heterocycles. The van der Waals surface area contributed by atoms with E-state index in [1.165, 1.54) is 5.56 Å². The molecule has 0 bridgehead atoms. The summed E-state index contributed by atoms with van der Waals surface area (Å²) in [6, 6.07) is 10.8. The van der Waals surface area contributed by atoms with Gasteiger partial charge in [-0.15, -0.1) is 0 Å². The average molecular weight is 344 g/mol. The smallest absolute Gasteiger partial charge is 0.229 e. The van der Waals surface area contributed by atoms with E-state index in [1.54, 1.807) is 0 Å². The molecule has 0 amide bonds. The molecule has 2 N–H and O–H groups in total. The number of thioether (sulfide) groups is 1. The number of aromatic nitrogens is 3. The molecule has 0 unspecified atom stereocenters. The van der Waals surface area contributed by atoms with Gasteiger partial charge in [-0.2, -0.15) is 26.7 Å². The highest BCUT2D eigenvalue weighted by Crippen LogP contribution is 2.35. The van der Waals surface area contributed by atoms with Crippen molar-refractivity contribution in [1.82, 2.24) is 19.9 Å². The Morgan fingerprint density at radius 3 is 2.67 bits per heavy atom. The van der Waals surface area contributed by atoms with Gasteiger partial charge >= 0.3 is 0 Å². The number of nitrogens with zero attached hydrogens (tertiary/aromatic N) is 5. The number of hydrogen-bond donors (Lipinski definition) is 1. The first-order valence-corrected chi connectivity index (χ1v) is 9.19. The highest BCUT2D eigenvalue weighted by molar-refractivity contribution is 7.99. The summed E-state index contributed by atoms with van der Waals surface area (Å²) in [5, 5.41) is 0.481. The number of rotatable bonds is 4. The predicted octanol–water partition coefficient (Wildman–Crippen LogP) is 2.37. The molecular formula is C17H24N6S. The Kier molecular flexibility index (Phi) is 5.20. The maximum atomic E-state index is 5.87. The van der Waals surface area contributed by atoms with Gasteiger partial charge in [0.25, 0.3) is 0 Å². The number of nitrogens with two attached hydrogens (primary N) is 1. The molecule has 128 valence electrons. The van der Waals surface area contributed by atoms with Crippen LogP contribution in [0.15, 0.2) is 30.3 Å². The first-order chi connectivity index (χ1) is 11.5. The molecule has 0 spiro atoms. The third-order valence-corrected chi connectivity index (χ3v) is 5.49. The lowest BCUT2D eigenvalue weighted by Crippen LogP contribution is -2.37. The van der Waals surface area contributed by atoms with Gasteiger partial charge in [0.1, 0.15) is 0 Å². The van der Waals surface area contributed by atoms with Gasteiger partial charge in [-0.05, 0) is 12.5 Å². The molecule has 2 aromatic rings. The van der Waals surface area contributed by atoms with Crippen LogP contribution in [0.5, 0.6) is 0 Å². The molecule has 6 nitrogen and oxygen atoms in total. The fourth-order valence-corrected chi connectivity index (χ4v) is 4.11. The Bertz CT molecular complexity index is 678. The Morgan fingerprint density at radius 1 is 1.21 bits per heavy atom. The molecule has 24 heavy (non-hydrogen) atoms. The largest absolute Gasteiger partial charge is 0.368 e. The van der Waals surface area contributed by atoms with Crippen molar-refractivity contribution in [3.63, 3.8) is 0 Å². The van der Waals surface area contributed by atoms with Crippen molar-refractivity contribution in [3.05, 3.63) is 41.7 Å². The molecule has 7 heteroatoms. The zero-order valence-electron chi connectivity index (χ0n) is 14.4. The fourth-order valence-electron chi connectivity index (χ4n) is 2.84. The van der Waals surface area contributed by atoms with Crippen LogP contribution in [0, 0.1) is 0 Å². The third-order valence-electron chi connectivity index (χ3n) is 4.25. The van der Waals surface area contributed by atoms with Crippen LogP contribution in [-0.2, 0) is 0 Å². The van der Waals surface area contributed by atoms with E-state index in [9.17, 15) is 0 Å². The second-order valence-corrected chi connectivity index (χ2v) is 7.50. The van der Waals surface area contributed by atoms with Crippen molar-refractivity contribution < 1.29 is 0 Å². The van der Waals surface area contributed by atoms with Gasteiger partial charge < -0.3 is 10.6 Å². The van der Waals surface area contributed by atoms with E-state index < -0.39 is 0 Å². The normalized spacial score (nSPS) is 19.9. The summed E-state index contributed by atoms with van der Waals surface area (Å²) in [5.41, 5.74) is 7.25. The molecule has 1 fully saturated rings. The lowest BCUT2D eigenvalue weighted by molar-refractivity contribution is 0.210. The van der Waals surface area contributed by atoms with Gasteiger partial charge in [0.05, 0.1) is 6.04 Å². The van der Waals surface area contributed by atoms with E-state index in [2.05, 4.69) is 57.1 Å². The monoisotopic (exact) mass is 344 g/mol. The molecule has 3 rings (SSSR count). The number of nitrogen functional groups attached to an aromatic ring is 1. The minimum absolute atomic E-state index is 0.112. The van der Waals surface area contributed by atoms with Gasteiger partial charge in [-0.1, -0.05) is 30.3 Å². The van der Waals surface area contributed by atoms with Crippen molar-refractivity contribution >= 4 is 23.7 Å². The molecule has 1 aromatic heterocycles. The van der Waals surface area contributed by atoms with Crippen molar-refractivity contribution in [1.29, 1.82) is 0 Å². The molecule has 1 aliphatic heterocycles. The maximum absolute atomic E-state index is 5.87. The topological polar surface area (TPSA) is 71.2 Å².